The van der Waals surface area contributed by atoms with Crippen molar-refractivity contribution in [1.29, 1.82) is 0 Å². The predicted molar refractivity (Wildman–Crippen MR) is 65.2 cm³/mol. The number of ketones is 1. The van der Waals surface area contributed by atoms with Crippen LogP contribution in [0.3, 0.4) is 0 Å². The van der Waals surface area contributed by atoms with Gasteiger partial charge in [0.15, 0.2) is 5.78 Å². The molecule has 1 saturated carbocycles. The van der Waals surface area contributed by atoms with Crippen LogP contribution in [-0.2, 0) is 14.1 Å². The number of benzene rings is 1. The van der Waals surface area contributed by atoms with E-state index in [4.69, 9.17) is 0 Å². The molecule has 4 nitrogen and oxygen atoms in total. The van der Waals surface area contributed by atoms with Gasteiger partial charge in [0, 0.05) is 25.6 Å². The summed E-state index contributed by atoms with van der Waals surface area (Å²) in [6.07, 6.45) is 2.01. The van der Waals surface area contributed by atoms with Gasteiger partial charge in [-0.2, -0.15) is 0 Å². The summed E-state index contributed by atoms with van der Waals surface area (Å²) in [5.41, 5.74) is 2.35. The van der Waals surface area contributed by atoms with Crippen LogP contribution in [0.1, 0.15) is 23.2 Å². The molecule has 1 aromatic heterocycles. The van der Waals surface area contributed by atoms with E-state index in [1.807, 2.05) is 18.2 Å². The molecule has 0 radical (unpaired) electrons. The monoisotopic (exact) mass is 230 g/mol. The smallest absolute Gasteiger partial charge is 0.295 e. The van der Waals surface area contributed by atoms with Gasteiger partial charge in [-0.3, -0.25) is 13.9 Å². The molecule has 0 unspecified atom stereocenters. The topological polar surface area (TPSA) is 44.0 Å². The van der Waals surface area contributed by atoms with E-state index in [1.54, 1.807) is 23.2 Å². The van der Waals surface area contributed by atoms with Gasteiger partial charge in [-0.15, -0.1) is 0 Å². The van der Waals surface area contributed by atoms with Crippen molar-refractivity contribution in [3.8, 4) is 0 Å². The molecule has 0 aliphatic heterocycles. The summed E-state index contributed by atoms with van der Waals surface area (Å²) in [4.78, 5) is 23.7. The van der Waals surface area contributed by atoms with Gasteiger partial charge in [0.25, 0.3) is 0 Å². The van der Waals surface area contributed by atoms with Crippen molar-refractivity contribution < 1.29 is 4.79 Å². The molecule has 0 amide bonds. The predicted octanol–water partition coefficient (Wildman–Crippen LogP) is 1.47. The van der Waals surface area contributed by atoms with Crippen LogP contribution in [0, 0.1) is 5.92 Å². The van der Waals surface area contributed by atoms with Crippen molar-refractivity contribution in [2.24, 2.45) is 20.0 Å². The highest BCUT2D eigenvalue weighted by molar-refractivity contribution is 6.01. The quantitative estimate of drug-likeness (QED) is 0.733. The molecule has 1 heterocycles. The van der Waals surface area contributed by atoms with Gasteiger partial charge in [0.2, 0.25) is 0 Å². The van der Waals surface area contributed by atoms with E-state index < -0.39 is 0 Å². The minimum atomic E-state index is -0.0592. The molecular formula is C13H14N2O2. The van der Waals surface area contributed by atoms with Crippen molar-refractivity contribution >= 4 is 16.8 Å². The Bertz CT molecular complexity index is 675. The third kappa shape index (κ3) is 1.44. The normalized spacial score (nSPS) is 15.4. The summed E-state index contributed by atoms with van der Waals surface area (Å²) in [6, 6.07) is 5.51. The fraction of sp³-hybridized carbons (Fsp3) is 0.385. The molecule has 1 aromatic carbocycles. The highest BCUT2D eigenvalue weighted by Gasteiger charge is 2.30. The van der Waals surface area contributed by atoms with Crippen LogP contribution in [0.15, 0.2) is 23.0 Å². The largest absolute Gasteiger partial charge is 0.328 e. The second-order valence-corrected chi connectivity index (χ2v) is 4.74. The molecule has 17 heavy (non-hydrogen) atoms. The zero-order chi connectivity index (χ0) is 12.2. The average molecular weight is 230 g/mol. The summed E-state index contributed by atoms with van der Waals surface area (Å²) in [7, 11) is 3.48. The van der Waals surface area contributed by atoms with Crippen LogP contribution >= 0.6 is 0 Å². The summed E-state index contributed by atoms with van der Waals surface area (Å²) in [5.74, 6) is 0.427. The first-order valence-electron chi connectivity index (χ1n) is 5.79. The molecule has 0 N–H and O–H groups in total. The molecule has 1 fully saturated rings. The van der Waals surface area contributed by atoms with E-state index in [2.05, 4.69) is 0 Å². The molecule has 2 aromatic rings. The van der Waals surface area contributed by atoms with E-state index in [0.29, 0.717) is 0 Å². The number of nitrogens with zero attached hydrogens (tertiary/aromatic N) is 2. The van der Waals surface area contributed by atoms with Crippen molar-refractivity contribution in [1.82, 2.24) is 9.13 Å². The number of aromatic nitrogens is 2. The average Bonchev–Trinajstić information content (AvgIpc) is 3.15. The van der Waals surface area contributed by atoms with Crippen LogP contribution in [0.2, 0.25) is 0 Å². The fourth-order valence-electron chi connectivity index (χ4n) is 2.24. The number of carbonyl (C=O) groups is 1. The molecule has 88 valence electrons. The second kappa shape index (κ2) is 3.32. The van der Waals surface area contributed by atoms with E-state index in [0.717, 1.165) is 29.4 Å². The van der Waals surface area contributed by atoms with Crippen LogP contribution < -0.4 is 5.69 Å². The SMILES string of the molecule is Cn1c(=O)n(C)c2cc(C(=O)C3CC3)ccc21. The van der Waals surface area contributed by atoms with Gasteiger partial charge in [-0.1, -0.05) is 0 Å². The van der Waals surface area contributed by atoms with Gasteiger partial charge in [0.05, 0.1) is 11.0 Å². The molecule has 1 aliphatic carbocycles. The maximum Gasteiger partial charge on any atom is 0.328 e. The first kappa shape index (κ1) is 10.3. The third-order valence-corrected chi connectivity index (χ3v) is 3.50. The maximum absolute atomic E-state index is 12.0. The van der Waals surface area contributed by atoms with Crippen LogP contribution in [-0.4, -0.2) is 14.9 Å². The lowest BCUT2D eigenvalue weighted by Gasteiger charge is -2.00. The van der Waals surface area contributed by atoms with Gasteiger partial charge in [-0.25, -0.2) is 4.79 Å². The Morgan fingerprint density at radius 3 is 2.47 bits per heavy atom. The summed E-state index contributed by atoms with van der Waals surface area (Å²) >= 11 is 0. The van der Waals surface area contributed by atoms with Crippen molar-refractivity contribution in [2.45, 2.75) is 12.8 Å². The van der Waals surface area contributed by atoms with Gasteiger partial charge in [0.1, 0.15) is 0 Å². The molecule has 0 atom stereocenters. The van der Waals surface area contributed by atoms with Gasteiger partial charge >= 0.3 is 5.69 Å². The fourth-order valence-corrected chi connectivity index (χ4v) is 2.24. The highest BCUT2D eigenvalue weighted by atomic mass is 16.1. The molecule has 1 aliphatic rings. The first-order valence-corrected chi connectivity index (χ1v) is 5.79. The second-order valence-electron chi connectivity index (χ2n) is 4.74. The minimum absolute atomic E-state index is 0.0592. The Labute approximate surface area is 98.5 Å². The molecule has 0 saturated heterocycles. The molecule has 3 rings (SSSR count). The standard InChI is InChI=1S/C13H14N2O2/c1-14-10-6-5-9(12(16)8-3-4-8)7-11(10)15(2)13(14)17/h5-8H,3-4H2,1-2H3. The summed E-state index contributed by atoms with van der Waals surface area (Å²) in [5, 5.41) is 0. The molecule has 4 heteroatoms. The lowest BCUT2D eigenvalue weighted by atomic mass is 10.1. The Balaban J connectivity index is 2.22. The Morgan fingerprint density at radius 1 is 1.18 bits per heavy atom. The van der Waals surface area contributed by atoms with Crippen molar-refractivity contribution in [3.05, 3.63) is 34.2 Å². The zero-order valence-corrected chi connectivity index (χ0v) is 9.93. The number of hydrogen-bond acceptors (Lipinski definition) is 2. The lowest BCUT2D eigenvalue weighted by Crippen LogP contribution is -2.19. The van der Waals surface area contributed by atoms with E-state index in [-0.39, 0.29) is 17.4 Å². The molecular weight excluding hydrogens is 216 g/mol. The Hall–Kier alpha value is -1.84. The van der Waals surface area contributed by atoms with E-state index in [1.165, 1.54) is 0 Å². The molecule has 0 bridgehead atoms. The van der Waals surface area contributed by atoms with E-state index >= 15 is 0 Å². The van der Waals surface area contributed by atoms with Crippen LogP contribution in [0.25, 0.3) is 11.0 Å². The zero-order valence-electron chi connectivity index (χ0n) is 9.93. The highest BCUT2D eigenvalue weighted by Crippen LogP contribution is 2.33. The van der Waals surface area contributed by atoms with Gasteiger partial charge in [-0.05, 0) is 31.0 Å². The maximum atomic E-state index is 12.0. The number of aryl methyl sites for hydroxylation is 2. The number of hydrogen-bond donors (Lipinski definition) is 0. The molecule has 0 spiro atoms. The minimum Gasteiger partial charge on any atom is -0.295 e. The Morgan fingerprint density at radius 2 is 1.82 bits per heavy atom. The van der Waals surface area contributed by atoms with Crippen molar-refractivity contribution in [2.75, 3.05) is 0 Å². The van der Waals surface area contributed by atoms with E-state index in [9.17, 15) is 9.59 Å². The van der Waals surface area contributed by atoms with Gasteiger partial charge < -0.3 is 0 Å². The summed E-state index contributed by atoms with van der Waals surface area (Å²) in [6.45, 7) is 0. The number of Topliss-reactive ketones (excluding diaryl/α,β-unsaturated/α-hetero) is 1. The van der Waals surface area contributed by atoms with Crippen LogP contribution in [0.4, 0.5) is 0 Å². The lowest BCUT2D eigenvalue weighted by molar-refractivity contribution is 0.0968. The Kier molecular flexibility index (Phi) is 2.02. The number of rotatable bonds is 2. The number of carbonyl (C=O) groups excluding carboxylic acids is 1. The third-order valence-electron chi connectivity index (χ3n) is 3.50. The number of imidazole rings is 1. The van der Waals surface area contributed by atoms with Crippen LogP contribution in [0.5, 0.6) is 0 Å². The summed E-state index contributed by atoms with van der Waals surface area (Å²) < 4.78 is 3.18. The number of fused-ring (bicyclic) bond motifs is 1. The first-order chi connectivity index (χ1) is 8.09. The van der Waals surface area contributed by atoms with Crippen molar-refractivity contribution in [3.63, 3.8) is 0 Å².